The molecule has 0 bridgehead atoms. The van der Waals surface area contributed by atoms with Crippen molar-refractivity contribution in [2.24, 2.45) is 5.92 Å². The van der Waals surface area contributed by atoms with Crippen molar-refractivity contribution in [2.45, 2.75) is 25.2 Å². The molecule has 2 aromatic rings. The van der Waals surface area contributed by atoms with Crippen molar-refractivity contribution in [3.05, 3.63) is 47.8 Å². The molecule has 2 aliphatic rings. The van der Waals surface area contributed by atoms with E-state index >= 15 is 0 Å². The van der Waals surface area contributed by atoms with Crippen LogP contribution in [-0.2, 0) is 0 Å². The number of hydrogen-bond acceptors (Lipinski definition) is 3. The number of carbonyl (C=O) groups excluding carboxylic acids is 1. The van der Waals surface area contributed by atoms with Crippen LogP contribution < -0.4 is 15.0 Å². The van der Waals surface area contributed by atoms with E-state index in [1.54, 1.807) is 7.11 Å². The van der Waals surface area contributed by atoms with Gasteiger partial charge in [0.2, 0.25) is 0 Å². The monoisotopic (exact) mass is 339 g/mol. The molecule has 0 radical (unpaired) electrons. The molecule has 1 aromatic heterocycles. The number of hydrogen-bond donors (Lipinski definition) is 2. The number of anilines is 1. The maximum atomic E-state index is 12.5. The summed E-state index contributed by atoms with van der Waals surface area (Å²) in [5, 5.41) is 3.12. The van der Waals surface area contributed by atoms with Gasteiger partial charge in [-0.2, -0.15) is 0 Å². The maximum absolute atomic E-state index is 12.5. The van der Waals surface area contributed by atoms with E-state index in [2.05, 4.69) is 21.3 Å². The number of amides is 1. The lowest BCUT2D eigenvalue weighted by atomic mass is 10.1. The molecular weight excluding hydrogens is 314 g/mol. The van der Waals surface area contributed by atoms with Crippen LogP contribution in [0.1, 0.15) is 41.2 Å². The number of aromatic amines is 1. The first kappa shape index (κ1) is 16.1. The van der Waals surface area contributed by atoms with Gasteiger partial charge in [-0.15, -0.1) is 0 Å². The van der Waals surface area contributed by atoms with Crippen LogP contribution in [0.2, 0.25) is 0 Å². The van der Waals surface area contributed by atoms with Crippen molar-refractivity contribution < 1.29 is 9.53 Å². The highest BCUT2D eigenvalue weighted by Crippen LogP contribution is 2.41. The van der Waals surface area contributed by atoms with Crippen molar-refractivity contribution in [1.82, 2.24) is 10.3 Å². The Balaban J connectivity index is 1.34. The summed E-state index contributed by atoms with van der Waals surface area (Å²) in [5.74, 6) is 1.99. The van der Waals surface area contributed by atoms with Crippen molar-refractivity contribution >= 4 is 11.6 Å². The van der Waals surface area contributed by atoms with Gasteiger partial charge in [-0.25, -0.2) is 0 Å². The number of aromatic nitrogens is 1. The second-order valence-electron chi connectivity index (χ2n) is 7.06. The minimum Gasteiger partial charge on any atom is -0.495 e. The van der Waals surface area contributed by atoms with Gasteiger partial charge in [0.15, 0.2) is 0 Å². The van der Waals surface area contributed by atoms with E-state index in [0.717, 1.165) is 36.6 Å². The molecule has 132 valence electrons. The predicted octanol–water partition coefficient (Wildman–Crippen LogP) is 3.16. The highest BCUT2D eigenvalue weighted by atomic mass is 16.5. The molecule has 1 aliphatic carbocycles. The van der Waals surface area contributed by atoms with Gasteiger partial charge >= 0.3 is 0 Å². The molecule has 1 saturated carbocycles. The van der Waals surface area contributed by atoms with Gasteiger partial charge in [0, 0.05) is 25.8 Å². The van der Waals surface area contributed by atoms with Crippen molar-refractivity contribution in [1.29, 1.82) is 0 Å². The molecule has 2 N–H and O–H groups in total. The molecule has 1 unspecified atom stereocenters. The van der Waals surface area contributed by atoms with E-state index in [0.29, 0.717) is 18.4 Å². The quantitative estimate of drug-likeness (QED) is 0.850. The van der Waals surface area contributed by atoms with Crippen LogP contribution in [0, 0.1) is 5.92 Å². The second kappa shape index (κ2) is 6.82. The molecule has 1 saturated heterocycles. The maximum Gasteiger partial charge on any atom is 0.268 e. The SMILES string of the molecule is COc1ccccc1N1CCC(CNC(=O)c2[nH]ccc2C2CC2)C1. The first-order chi connectivity index (χ1) is 12.3. The van der Waals surface area contributed by atoms with Crippen LogP contribution >= 0.6 is 0 Å². The summed E-state index contributed by atoms with van der Waals surface area (Å²) < 4.78 is 5.47. The Labute approximate surface area is 148 Å². The lowest BCUT2D eigenvalue weighted by Crippen LogP contribution is -2.31. The van der Waals surface area contributed by atoms with Crippen LogP contribution in [0.5, 0.6) is 5.75 Å². The van der Waals surface area contributed by atoms with Crippen molar-refractivity contribution in [2.75, 3.05) is 31.6 Å². The van der Waals surface area contributed by atoms with Gasteiger partial charge in [-0.05, 0) is 54.9 Å². The summed E-state index contributed by atoms with van der Waals surface area (Å²) >= 11 is 0. The average molecular weight is 339 g/mol. The third kappa shape index (κ3) is 3.36. The fraction of sp³-hybridized carbons (Fsp3) is 0.450. The summed E-state index contributed by atoms with van der Waals surface area (Å²) in [7, 11) is 1.71. The Morgan fingerprint density at radius 1 is 1.28 bits per heavy atom. The van der Waals surface area contributed by atoms with E-state index in [1.165, 1.54) is 18.4 Å². The number of methoxy groups -OCH3 is 1. The number of ether oxygens (including phenoxy) is 1. The topological polar surface area (TPSA) is 57.4 Å². The van der Waals surface area contributed by atoms with Gasteiger partial charge in [0.25, 0.3) is 5.91 Å². The lowest BCUT2D eigenvalue weighted by molar-refractivity contribution is 0.0943. The zero-order valence-electron chi connectivity index (χ0n) is 14.6. The Morgan fingerprint density at radius 2 is 2.12 bits per heavy atom. The number of nitrogens with zero attached hydrogens (tertiary/aromatic N) is 1. The summed E-state index contributed by atoms with van der Waals surface area (Å²) in [6.45, 7) is 2.66. The van der Waals surface area contributed by atoms with E-state index < -0.39 is 0 Å². The van der Waals surface area contributed by atoms with E-state index in [1.807, 2.05) is 30.5 Å². The van der Waals surface area contributed by atoms with Gasteiger partial charge in [0.05, 0.1) is 12.8 Å². The normalized spacial score (nSPS) is 19.9. The van der Waals surface area contributed by atoms with E-state index in [-0.39, 0.29) is 5.91 Å². The van der Waals surface area contributed by atoms with E-state index in [4.69, 9.17) is 4.74 Å². The Morgan fingerprint density at radius 3 is 2.92 bits per heavy atom. The van der Waals surface area contributed by atoms with Crippen LogP contribution in [-0.4, -0.2) is 37.6 Å². The van der Waals surface area contributed by atoms with Gasteiger partial charge < -0.3 is 19.9 Å². The first-order valence-electron chi connectivity index (χ1n) is 9.09. The van der Waals surface area contributed by atoms with Crippen molar-refractivity contribution in [3.8, 4) is 5.75 Å². The molecule has 1 aromatic carbocycles. The van der Waals surface area contributed by atoms with Crippen molar-refractivity contribution in [3.63, 3.8) is 0 Å². The molecule has 4 rings (SSSR count). The fourth-order valence-electron chi connectivity index (χ4n) is 3.75. The minimum absolute atomic E-state index is 0.0302. The van der Waals surface area contributed by atoms with Gasteiger partial charge in [-0.1, -0.05) is 12.1 Å². The number of carbonyl (C=O) groups is 1. The molecule has 1 atom stereocenters. The third-order valence-corrected chi connectivity index (χ3v) is 5.29. The van der Waals surface area contributed by atoms with Crippen LogP contribution in [0.15, 0.2) is 36.5 Å². The van der Waals surface area contributed by atoms with Crippen LogP contribution in [0.25, 0.3) is 0 Å². The number of nitrogens with one attached hydrogen (secondary N) is 2. The smallest absolute Gasteiger partial charge is 0.268 e. The molecule has 1 amide bonds. The van der Waals surface area contributed by atoms with Crippen LogP contribution in [0.4, 0.5) is 5.69 Å². The standard InChI is InChI=1S/C20H25N3O2/c1-25-18-5-3-2-4-17(18)23-11-9-14(13-23)12-22-20(24)19-16(8-10-21-19)15-6-7-15/h2-5,8,10,14-15,21H,6-7,9,11-13H2,1H3,(H,22,24). The van der Waals surface area contributed by atoms with Gasteiger partial charge in [-0.3, -0.25) is 4.79 Å². The largest absolute Gasteiger partial charge is 0.495 e. The molecule has 5 nitrogen and oxygen atoms in total. The summed E-state index contributed by atoms with van der Waals surface area (Å²) in [5.41, 5.74) is 3.07. The number of benzene rings is 1. The lowest BCUT2D eigenvalue weighted by Gasteiger charge is -2.21. The zero-order valence-corrected chi connectivity index (χ0v) is 14.6. The summed E-state index contributed by atoms with van der Waals surface area (Å²) in [6.07, 6.45) is 5.36. The molecule has 1 aliphatic heterocycles. The Bertz CT molecular complexity index is 751. The average Bonchev–Trinajstić information content (AvgIpc) is 3.19. The molecule has 0 spiro atoms. The minimum atomic E-state index is 0.0302. The second-order valence-corrected chi connectivity index (χ2v) is 7.06. The predicted molar refractivity (Wildman–Crippen MR) is 98.4 cm³/mol. The summed E-state index contributed by atoms with van der Waals surface area (Å²) in [4.78, 5) is 18.0. The molecule has 25 heavy (non-hydrogen) atoms. The highest BCUT2D eigenvalue weighted by Gasteiger charge is 2.29. The third-order valence-electron chi connectivity index (χ3n) is 5.29. The van der Waals surface area contributed by atoms with Gasteiger partial charge in [0.1, 0.15) is 11.4 Å². The van der Waals surface area contributed by atoms with Crippen LogP contribution in [0.3, 0.4) is 0 Å². The number of rotatable bonds is 6. The molecule has 5 heteroatoms. The fourth-order valence-corrected chi connectivity index (χ4v) is 3.75. The number of para-hydroxylation sites is 2. The molecular formula is C20H25N3O2. The van der Waals surface area contributed by atoms with E-state index in [9.17, 15) is 4.79 Å². The Kier molecular flexibility index (Phi) is 4.38. The highest BCUT2D eigenvalue weighted by molar-refractivity contribution is 5.94. The molecule has 2 fully saturated rings. The first-order valence-corrected chi connectivity index (χ1v) is 9.09. The zero-order chi connectivity index (χ0) is 17.2. The number of H-pyrrole nitrogens is 1. The Hall–Kier alpha value is -2.43. The molecule has 2 heterocycles. The summed E-state index contributed by atoms with van der Waals surface area (Å²) in [6, 6.07) is 10.2.